The number of fused-ring (bicyclic) bond motifs is 2. The first-order chi connectivity index (χ1) is 17.9. The minimum Gasteiger partial charge on any atom is -0.472 e. The van der Waals surface area contributed by atoms with E-state index in [4.69, 9.17) is 9.15 Å². The lowest BCUT2D eigenvalue weighted by atomic mass is 9.99. The molecular weight excluding hydrogens is 466 g/mol. The molecule has 0 saturated heterocycles. The summed E-state index contributed by atoms with van der Waals surface area (Å²) in [4.78, 5) is 22.3. The Kier molecular flexibility index (Phi) is 7.26. The number of likely N-dealkylation sites (N-methyl/N-ethyl adjacent to an activating group) is 1. The molecule has 0 unspecified atom stereocenters. The second-order valence-corrected chi connectivity index (χ2v) is 10.0. The summed E-state index contributed by atoms with van der Waals surface area (Å²) in [6.07, 6.45) is 1.50. The van der Waals surface area contributed by atoms with Crippen molar-refractivity contribution in [2.24, 2.45) is 5.92 Å². The molecule has 3 atom stereocenters. The molecule has 1 N–H and O–H groups in total. The average Bonchev–Trinajstić information content (AvgIpc) is 3.35. The summed E-state index contributed by atoms with van der Waals surface area (Å²) in [6, 6.07) is 21.5. The van der Waals surface area contributed by atoms with E-state index in [-0.39, 0.29) is 30.6 Å². The minimum atomic E-state index is -0.335. The van der Waals surface area contributed by atoms with E-state index in [1.165, 1.54) is 5.56 Å². The van der Waals surface area contributed by atoms with E-state index in [2.05, 4.69) is 36.0 Å². The maximum atomic E-state index is 13.7. The van der Waals surface area contributed by atoms with Gasteiger partial charge in [-0.3, -0.25) is 9.69 Å². The maximum Gasteiger partial charge on any atom is 0.259 e. The SMILES string of the molecule is C[C@H](CO)N1C[C@H](C)[C@H](CN(C)Cc2ccccc2)Oc2ncc(-c3cc4ccccc4o3)cc2C1=O. The van der Waals surface area contributed by atoms with Crippen LogP contribution in [0.15, 0.2) is 77.3 Å². The van der Waals surface area contributed by atoms with E-state index in [1.807, 2.05) is 55.5 Å². The van der Waals surface area contributed by atoms with Gasteiger partial charge in [0.05, 0.1) is 12.6 Å². The summed E-state index contributed by atoms with van der Waals surface area (Å²) in [6.45, 7) is 5.74. The van der Waals surface area contributed by atoms with Crippen LogP contribution in [-0.2, 0) is 6.54 Å². The van der Waals surface area contributed by atoms with Crippen LogP contribution in [-0.4, -0.2) is 64.7 Å². The topological polar surface area (TPSA) is 79.0 Å². The fourth-order valence-corrected chi connectivity index (χ4v) is 4.85. The van der Waals surface area contributed by atoms with Gasteiger partial charge in [-0.05, 0) is 37.7 Å². The number of para-hydroxylation sites is 1. The summed E-state index contributed by atoms with van der Waals surface area (Å²) >= 11 is 0. The van der Waals surface area contributed by atoms with Gasteiger partial charge in [0.2, 0.25) is 5.88 Å². The summed E-state index contributed by atoms with van der Waals surface area (Å²) < 4.78 is 12.5. The summed E-state index contributed by atoms with van der Waals surface area (Å²) in [7, 11) is 2.07. The molecule has 1 amide bonds. The molecule has 0 bridgehead atoms. The molecule has 2 aromatic carbocycles. The van der Waals surface area contributed by atoms with Crippen LogP contribution >= 0.6 is 0 Å². The first kappa shape index (κ1) is 25.0. The predicted molar refractivity (Wildman–Crippen MR) is 143 cm³/mol. The Balaban J connectivity index is 1.47. The van der Waals surface area contributed by atoms with Crippen molar-refractivity contribution in [3.8, 4) is 17.2 Å². The number of amides is 1. The van der Waals surface area contributed by atoms with Crippen molar-refractivity contribution in [3.05, 3.63) is 84.1 Å². The number of ether oxygens (including phenoxy) is 1. The molecule has 0 aliphatic carbocycles. The molecule has 0 fully saturated rings. The number of pyridine rings is 1. The second-order valence-electron chi connectivity index (χ2n) is 10.0. The van der Waals surface area contributed by atoms with Crippen molar-refractivity contribution in [3.63, 3.8) is 0 Å². The Morgan fingerprint density at radius 2 is 1.89 bits per heavy atom. The number of furan rings is 1. The number of hydrogen-bond donors (Lipinski definition) is 1. The van der Waals surface area contributed by atoms with Crippen LogP contribution in [0.25, 0.3) is 22.3 Å². The van der Waals surface area contributed by atoms with Gasteiger partial charge in [0.25, 0.3) is 5.91 Å². The highest BCUT2D eigenvalue weighted by Gasteiger charge is 2.34. The van der Waals surface area contributed by atoms with Crippen LogP contribution < -0.4 is 4.74 Å². The minimum absolute atomic E-state index is 0.0289. The van der Waals surface area contributed by atoms with Gasteiger partial charge in [-0.15, -0.1) is 0 Å². The molecule has 0 spiro atoms. The largest absolute Gasteiger partial charge is 0.472 e. The molecule has 1 aliphatic rings. The molecule has 0 saturated carbocycles. The Bertz CT molecular complexity index is 1340. The fourth-order valence-electron chi connectivity index (χ4n) is 4.85. The summed E-state index contributed by atoms with van der Waals surface area (Å²) in [5.74, 6) is 0.774. The molecule has 7 heteroatoms. The van der Waals surface area contributed by atoms with Crippen molar-refractivity contribution in [1.29, 1.82) is 0 Å². The van der Waals surface area contributed by atoms with E-state index in [1.54, 1.807) is 17.2 Å². The normalized spacial score (nSPS) is 18.8. The third kappa shape index (κ3) is 5.38. The number of benzene rings is 2. The van der Waals surface area contributed by atoms with Crippen LogP contribution in [0.1, 0.15) is 29.8 Å². The van der Waals surface area contributed by atoms with Crippen molar-refractivity contribution < 1.29 is 19.1 Å². The molecule has 4 aromatic rings. The quantitative estimate of drug-likeness (QED) is 0.392. The Morgan fingerprint density at radius 1 is 1.14 bits per heavy atom. The Morgan fingerprint density at radius 3 is 2.65 bits per heavy atom. The lowest BCUT2D eigenvalue weighted by Crippen LogP contribution is -2.49. The van der Waals surface area contributed by atoms with E-state index in [9.17, 15) is 9.90 Å². The number of rotatable bonds is 7. The molecular formula is C30H33N3O4. The Hall–Kier alpha value is -3.68. The smallest absolute Gasteiger partial charge is 0.259 e. The molecule has 2 aromatic heterocycles. The zero-order chi connectivity index (χ0) is 25.9. The third-order valence-electron chi connectivity index (χ3n) is 7.02. The molecule has 0 radical (unpaired) electrons. The standard InChI is InChI=1S/C30H33N3O4/c1-20-16-33(21(2)19-34)30(35)25-13-24(27-14-23-11-7-8-12-26(23)36-27)15-31-29(25)37-28(20)18-32(3)17-22-9-5-4-6-10-22/h4-15,20-21,28,34H,16-19H2,1-3H3/t20-,21+,28-/m0/s1. The van der Waals surface area contributed by atoms with Crippen molar-refractivity contribution in [2.45, 2.75) is 32.5 Å². The fraction of sp³-hybridized carbons (Fsp3) is 0.333. The van der Waals surface area contributed by atoms with Gasteiger partial charge in [-0.1, -0.05) is 55.5 Å². The number of aromatic nitrogens is 1. The first-order valence-electron chi connectivity index (χ1n) is 12.7. The van der Waals surface area contributed by atoms with Gasteiger partial charge in [0.1, 0.15) is 23.0 Å². The molecule has 5 rings (SSSR count). The van der Waals surface area contributed by atoms with E-state index >= 15 is 0 Å². The number of aliphatic hydroxyl groups excluding tert-OH is 1. The molecule has 3 heterocycles. The highest BCUT2D eigenvalue weighted by Crippen LogP contribution is 2.33. The van der Waals surface area contributed by atoms with E-state index < -0.39 is 0 Å². The number of carbonyl (C=O) groups excluding carboxylic acids is 1. The molecule has 1 aliphatic heterocycles. The zero-order valence-corrected chi connectivity index (χ0v) is 21.5. The Labute approximate surface area is 217 Å². The lowest BCUT2D eigenvalue weighted by molar-refractivity contribution is 0.0325. The van der Waals surface area contributed by atoms with Gasteiger partial charge < -0.3 is 19.2 Å². The van der Waals surface area contributed by atoms with Gasteiger partial charge in [-0.2, -0.15) is 0 Å². The van der Waals surface area contributed by atoms with Crippen molar-refractivity contribution in [2.75, 3.05) is 26.7 Å². The van der Waals surface area contributed by atoms with Crippen LogP contribution in [0.2, 0.25) is 0 Å². The summed E-state index contributed by atoms with van der Waals surface area (Å²) in [5.41, 5.74) is 3.08. The van der Waals surface area contributed by atoms with E-state index in [0.717, 1.165) is 17.5 Å². The zero-order valence-electron chi connectivity index (χ0n) is 21.5. The van der Waals surface area contributed by atoms with Crippen molar-refractivity contribution >= 4 is 16.9 Å². The maximum absolute atomic E-state index is 13.7. The monoisotopic (exact) mass is 499 g/mol. The van der Waals surface area contributed by atoms with Crippen LogP contribution in [0, 0.1) is 5.92 Å². The number of carbonyl (C=O) groups is 1. The average molecular weight is 500 g/mol. The predicted octanol–water partition coefficient (Wildman–Crippen LogP) is 4.85. The number of hydrogen-bond acceptors (Lipinski definition) is 6. The molecule has 7 nitrogen and oxygen atoms in total. The van der Waals surface area contributed by atoms with Gasteiger partial charge in [0.15, 0.2) is 0 Å². The second kappa shape index (κ2) is 10.7. The third-order valence-corrected chi connectivity index (χ3v) is 7.02. The first-order valence-corrected chi connectivity index (χ1v) is 12.7. The molecule has 37 heavy (non-hydrogen) atoms. The van der Waals surface area contributed by atoms with Crippen LogP contribution in [0.3, 0.4) is 0 Å². The van der Waals surface area contributed by atoms with Crippen LogP contribution in [0.5, 0.6) is 5.88 Å². The van der Waals surface area contributed by atoms with Gasteiger partial charge in [-0.25, -0.2) is 4.98 Å². The van der Waals surface area contributed by atoms with E-state index in [0.29, 0.717) is 35.9 Å². The molecule has 192 valence electrons. The van der Waals surface area contributed by atoms with Crippen LogP contribution in [0.4, 0.5) is 0 Å². The lowest BCUT2D eigenvalue weighted by Gasteiger charge is -2.37. The summed E-state index contributed by atoms with van der Waals surface area (Å²) in [5, 5.41) is 10.9. The number of nitrogens with zero attached hydrogens (tertiary/aromatic N) is 3. The van der Waals surface area contributed by atoms with Gasteiger partial charge in [0, 0.05) is 42.7 Å². The highest BCUT2D eigenvalue weighted by atomic mass is 16.5. The van der Waals surface area contributed by atoms with Gasteiger partial charge >= 0.3 is 0 Å². The van der Waals surface area contributed by atoms with Crippen molar-refractivity contribution in [1.82, 2.24) is 14.8 Å². The highest BCUT2D eigenvalue weighted by molar-refractivity contribution is 5.98. The number of aliphatic hydroxyl groups is 1.